The maximum Gasteiger partial charge on any atom is 0.266 e. The first-order valence-corrected chi connectivity index (χ1v) is 9.81. The molecule has 0 spiro atoms. The molecule has 2 amide bonds. The van der Waals surface area contributed by atoms with Crippen LogP contribution in [0.4, 0.5) is 11.4 Å². The van der Waals surface area contributed by atoms with Gasteiger partial charge in [-0.15, -0.1) is 11.3 Å². The number of anilines is 2. The van der Waals surface area contributed by atoms with E-state index in [-0.39, 0.29) is 25.0 Å². The standard InChI is InChI=1S/C20H22N4O5S/c1-11-16-19(29-4)23-14(9-27-2)24-20(16)30-17(11)18(26)22-13-7-5-12(6-8-13)21-15(25)10-28-3/h5-8H,9-10H2,1-4H3,(H,21,25)(H,22,26). The van der Waals surface area contributed by atoms with Crippen LogP contribution in [0, 0.1) is 6.92 Å². The second-order valence-electron chi connectivity index (χ2n) is 6.33. The Bertz CT molecular complexity index is 1070. The summed E-state index contributed by atoms with van der Waals surface area (Å²) in [5.74, 6) is 0.386. The van der Waals surface area contributed by atoms with Gasteiger partial charge in [0, 0.05) is 25.6 Å². The van der Waals surface area contributed by atoms with Crippen LogP contribution in [0.5, 0.6) is 5.88 Å². The molecule has 0 fully saturated rings. The molecule has 0 aliphatic heterocycles. The SMILES string of the molecule is COCC(=O)Nc1ccc(NC(=O)c2sc3nc(COC)nc(OC)c3c2C)cc1. The highest BCUT2D eigenvalue weighted by Gasteiger charge is 2.21. The summed E-state index contributed by atoms with van der Waals surface area (Å²) in [5.41, 5.74) is 1.95. The van der Waals surface area contributed by atoms with Gasteiger partial charge in [-0.2, -0.15) is 4.98 Å². The van der Waals surface area contributed by atoms with E-state index in [1.807, 2.05) is 6.92 Å². The third-order valence-electron chi connectivity index (χ3n) is 4.18. The largest absolute Gasteiger partial charge is 0.480 e. The summed E-state index contributed by atoms with van der Waals surface area (Å²) in [6.07, 6.45) is 0. The molecule has 2 heterocycles. The fourth-order valence-electron chi connectivity index (χ4n) is 2.86. The van der Waals surface area contributed by atoms with Gasteiger partial charge < -0.3 is 24.8 Å². The van der Waals surface area contributed by atoms with Crippen LogP contribution >= 0.6 is 11.3 Å². The lowest BCUT2D eigenvalue weighted by Gasteiger charge is -2.07. The predicted molar refractivity (Wildman–Crippen MR) is 114 cm³/mol. The number of aryl methyl sites for hydroxylation is 1. The lowest BCUT2D eigenvalue weighted by Crippen LogP contribution is -2.17. The van der Waals surface area contributed by atoms with Gasteiger partial charge >= 0.3 is 0 Å². The number of nitrogens with zero attached hydrogens (tertiary/aromatic N) is 2. The number of hydrogen-bond donors (Lipinski definition) is 2. The Morgan fingerprint density at radius 2 is 1.67 bits per heavy atom. The first-order valence-electron chi connectivity index (χ1n) is 9.00. The molecule has 0 atom stereocenters. The Hall–Kier alpha value is -3.08. The van der Waals surface area contributed by atoms with Crippen molar-refractivity contribution in [3.8, 4) is 5.88 Å². The number of carbonyl (C=O) groups excluding carboxylic acids is 2. The molecule has 0 unspecified atom stereocenters. The highest BCUT2D eigenvalue weighted by atomic mass is 32.1. The highest BCUT2D eigenvalue weighted by Crippen LogP contribution is 2.35. The summed E-state index contributed by atoms with van der Waals surface area (Å²) in [4.78, 5) is 34.4. The van der Waals surface area contributed by atoms with E-state index in [9.17, 15) is 9.59 Å². The zero-order valence-electron chi connectivity index (χ0n) is 17.1. The molecule has 2 N–H and O–H groups in total. The average molecular weight is 430 g/mol. The van der Waals surface area contributed by atoms with Crippen LogP contribution in [-0.2, 0) is 20.9 Å². The Balaban J connectivity index is 1.81. The smallest absolute Gasteiger partial charge is 0.266 e. The van der Waals surface area contributed by atoms with Crippen molar-refractivity contribution < 1.29 is 23.8 Å². The molecule has 3 rings (SSSR count). The number of rotatable bonds is 8. The lowest BCUT2D eigenvalue weighted by molar-refractivity contribution is -0.119. The molecule has 0 bridgehead atoms. The average Bonchev–Trinajstić information content (AvgIpc) is 3.06. The summed E-state index contributed by atoms with van der Waals surface area (Å²) >= 11 is 1.27. The van der Waals surface area contributed by atoms with E-state index in [2.05, 4.69) is 20.6 Å². The molecule has 0 aliphatic rings. The minimum absolute atomic E-state index is 0.0256. The number of ether oxygens (including phenoxy) is 3. The summed E-state index contributed by atoms with van der Waals surface area (Å²) < 4.78 is 15.3. The summed E-state index contributed by atoms with van der Waals surface area (Å²) in [7, 11) is 4.54. The quantitative estimate of drug-likeness (QED) is 0.565. The molecular formula is C20H22N4O5S. The molecule has 3 aromatic rings. The van der Waals surface area contributed by atoms with E-state index >= 15 is 0 Å². The molecule has 0 aliphatic carbocycles. The molecule has 158 valence electrons. The number of carbonyl (C=O) groups is 2. The number of amides is 2. The number of thiophene rings is 1. The number of methoxy groups -OCH3 is 3. The van der Waals surface area contributed by atoms with Crippen molar-refractivity contribution in [3.05, 3.63) is 40.5 Å². The number of nitrogens with one attached hydrogen (secondary N) is 2. The van der Waals surface area contributed by atoms with E-state index in [0.717, 1.165) is 5.56 Å². The molecule has 2 aromatic heterocycles. The highest BCUT2D eigenvalue weighted by molar-refractivity contribution is 7.20. The number of benzene rings is 1. The van der Waals surface area contributed by atoms with Crippen LogP contribution in [0.15, 0.2) is 24.3 Å². The van der Waals surface area contributed by atoms with Gasteiger partial charge in [-0.05, 0) is 36.8 Å². The van der Waals surface area contributed by atoms with Gasteiger partial charge in [-0.3, -0.25) is 9.59 Å². The van der Waals surface area contributed by atoms with Crippen LogP contribution in [0.1, 0.15) is 21.1 Å². The van der Waals surface area contributed by atoms with Gasteiger partial charge in [0.25, 0.3) is 5.91 Å². The fraction of sp³-hybridized carbons (Fsp3) is 0.300. The van der Waals surface area contributed by atoms with E-state index in [0.29, 0.717) is 38.2 Å². The van der Waals surface area contributed by atoms with Crippen molar-refractivity contribution in [3.63, 3.8) is 0 Å². The number of hydrogen-bond acceptors (Lipinski definition) is 8. The summed E-state index contributed by atoms with van der Waals surface area (Å²) in [5, 5.41) is 6.27. The first-order chi connectivity index (χ1) is 14.5. The molecule has 1 aromatic carbocycles. The van der Waals surface area contributed by atoms with Gasteiger partial charge in [0.2, 0.25) is 11.8 Å². The van der Waals surface area contributed by atoms with Crippen LogP contribution < -0.4 is 15.4 Å². The molecule has 0 radical (unpaired) electrons. The minimum atomic E-state index is -0.262. The monoisotopic (exact) mass is 430 g/mol. The van der Waals surface area contributed by atoms with Crippen molar-refractivity contribution in [2.24, 2.45) is 0 Å². The topological polar surface area (TPSA) is 112 Å². The van der Waals surface area contributed by atoms with Gasteiger partial charge in [0.15, 0.2) is 5.82 Å². The van der Waals surface area contributed by atoms with Crippen LogP contribution in [-0.4, -0.2) is 49.7 Å². The van der Waals surface area contributed by atoms with Crippen molar-refractivity contribution in [1.82, 2.24) is 9.97 Å². The normalized spacial score (nSPS) is 10.8. The Morgan fingerprint density at radius 3 is 2.27 bits per heavy atom. The van der Waals surface area contributed by atoms with E-state index in [4.69, 9.17) is 14.2 Å². The minimum Gasteiger partial charge on any atom is -0.480 e. The first kappa shape index (κ1) is 21.6. The third kappa shape index (κ3) is 4.73. The molecule has 30 heavy (non-hydrogen) atoms. The van der Waals surface area contributed by atoms with Gasteiger partial charge in [-0.1, -0.05) is 0 Å². The van der Waals surface area contributed by atoms with Crippen LogP contribution in [0.2, 0.25) is 0 Å². The van der Waals surface area contributed by atoms with E-state index in [1.54, 1.807) is 31.4 Å². The van der Waals surface area contributed by atoms with E-state index in [1.165, 1.54) is 25.6 Å². The van der Waals surface area contributed by atoms with Crippen LogP contribution in [0.25, 0.3) is 10.2 Å². The molecular weight excluding hydrogens is 408 g/mol. The summed E-state index contributed by atoms with van der Waals surface area (Å²) in [6.45, 7) is 2.06. The van der Waals surface area contributed by atoms with Gasteiger partial charge in [-0.25, -0.2) is 4.98 Å². The molecule has 0 saturated heterocycles. The molecule has 9 nitrogen and oxygen atoms in total. The van der Waals surface area contributed by atoms with Gasteiger partial charge in [0.05, 0.1) is 17.4 Å². The molecule has 10 heteroatoms. The van der Waals surface area contributed by atoms with Crippen molar-refractivity contribution in [1.29, 1.82) is 0 Å². The van der Waals surface area contributed by atoms with E-state index < -0.39 is 0 Å². The Morgan fingerprint density at radius 1 is 1.00 bits per heavy atom. The zero-order valence-corrected chi connectivity index (χ0v) is 17.9. The second-order valence-corrected chi connectivity index (χ2v) is 7.33. The van der Waals surface area contributed by atoms with Crippen molar-refractivity contribution >= 4 is 44.7 Å². The predicted octanol–water partition coefficient (Wildman–Crippen LogP) is 2.99. The zero-order chi connectivity index (χ0) is 21.7. The van der Waals surface area contributed by atoms with Crippen LogP contribution in [0.3, 0.4) is 0 Å². The molecule has 0 saturated carbocycles. The fourth-order valence-corrected chi connectivity index (χ4v) is 3.94. The van der Waals surface area contributed by atoms with Crippen molar-refractivity contribution in [2.45, 2.75) is 13.5 Å². The maximum atomic E-state index is 12.9. The summed E-state index contributed by atoms with van der Waals surface area (Å²) in [6, 6.07) is 6.82. The second kappa shape index (κ2) is 9.61. The van der Waals surface area contributed by atoms with Crippen molar-refractivity contribution in [2.75, 3.05) is 38.6 Å². The third-order valence-corrected chi connectivity index (χ3v) is 5.36. The number of fused-ring (bicyclic) bond motifs is 1. The lowest BCUT2D eigenvalue weighted by atomic mass is 10.2. The van der Waals surface area contributed by atoms with Gasteiger partial charge in [0.1, 0.15) is 18.0 Å². The Kier molecular flexibility index (Phi) is 6.93. The maximum absolute atomic E-state index is 12.9. The Labute approximate surface area is 177 Å². The number of aromatic nitrogens is 2.